The van der Waals surface area contributed by atoms with Crippen LogP contribution in [0.5, 0.6) is 0 Å². The third-order valence-electron chi connectivity index (χ3n) is 5.07. The number of oxazole rings is 1. The second kappa shape index (κ2) is 7.53. The van der Waals surface area contributed by atoms with Gasteiger partial charge < -0.3 is 14.2 Å². The van der Waals surface area contributed by atoms with Gasteiger partial charge in [-0.15, -0.1) is 0 Å². The number of hydrogen-bond donors (Lipinski definition) is 0. The predicted octanol–water partition coefficient (Wildman–Crippen LogP) is 3.56. The number of amides is 1. The van der Waals surface area contributed by atoms with Crippen LogP contribution in [0.2, 0.25) is 10.0 Å². The summed E-state index contributed by atoms with van der Waals surface area (Å²) in [5.41, 5.74) is 3.19. The number of aromatic nitrogens is 1. The van der Waals surface area contributed by atoms with Gasteiger partial charge in [-0.05, 0) is 36.8 Å². The summed E-state index contributed by atoms with van der Waals surface area (Å²) in [6.07, 6.45) is 0. The van der Waals surface area contributed by atoms with E-state index >= 15 is 0 Å². The van der Waals surface area contributed by atoms with Gasteiger partial charge in [0.1, 0.15) is 6.54 Å². The average molecular weight is 420 g/mol. The van der Waals surface area contributed by atoms with Crippen molar-refractivity contribution in [2.45, 2.75) is 13.5 Å². The van der Waals surface area contributed by atoms with Crippen LogP contribution in [0.1, 0.15) is 5.56 Å². The lowest BCUT2D eigenvalue weighted by molar-refractivity contribution is -0.132. The standard InChI is InChI=1S/C20H19Cl2N3O3/c1-13-2-3-14(21)10-17(13)23-6-8-24(9-7-23)19(26)12-25-16-5-4-15(22)11-18(16)28-20(25)27/h2-5,10-11H,6-9,12H2,1H3. The SMILES string of the molecule is Cc1ccc(Cl)cc1N1CCN(C(=O)Cn2c(=O)oc3cc(Cl)ccc32)CC1. The van der Waals surface area contributed by atoms with Gasteiger partial charge in [0.05, 0.1) is 5.52 Å². The molecule has 1 aromatic heterocycles. The number of aryl methyl sites for hydroxylation is 1. The van der Waals surface area contributed by atoms with Crippen LogP contribution in [0.3, 0.4) is 0 Å². The minimum atomic E-state index is -0.557. The molecule has 8 heteroatoms. The van der Waals surface area contributed by atoms with Crippen molar-refractivity contribution in [3.05, 3.63) is 62.6 Å². The molecule has 28 heavy (non-hydrogen) atoms. The summed E-state index contributed by atoms with van der Waals surface area (Å²) in [5.74, 6) is -0.666. The smallest absolute Gasteiger partial charge is 0.408 e. The first kappa shape index (κ1) is 18.9. The summed E-state index contributed by atoms with van der Waals surface area (Å²) >= 11 is 12.1. The fraction of sp³-hybridized carbons (Fsp3) is 0.300. The van der Waals surface area contributed by atoms with Crippen molar-refractivity contribution >= 4 is 45.9 Å². The van der Waals surface area contributed by atoms with Gasteiger partial charge in [0.2, 0.25) is 5.91 Å². The molecule has 1 amide bonds. The van der Waals surface area contributed by atoms with Gasteiger partial charge in [-0.1, -0.05) is 29.3 Å². The summed E-state index contributed by atoms with van der Waals surface area (Å²) in [6.45, 7) is 4.59. The Hall–Kier alpha value is -2.44. The van der Waals surface area contributed by atoms with Crippen LogP contribution in [-0.2, 0) is 11.3 Å². The van der Waals surface area contributed by atoms with Crippen molar-refractivity contribution in [3.8, 4) is 0 Å². The van der Waals surface area contributed by atoms with Crippen LogP contribution >= 0.6 is 23.2 Å². The van der Waals surface area contributed by atoms with E-state index in [4.69, 9.17) is 27.6 Å². The van der Waals surface area contributed by atoms with Crippen molar-refractivity contribution < 1.29 is 9.21 Å². The molecule has 0 atom stereocenters. The Labute approximate surface area is 171 Å². The number of carbonyl (C=O) groups excluding carboxylic acids is 1. The van der Waals surface area contributed by atoms with E-state index in [0.717, 1.165) is 11.3 Å². The molecular formula is C20H19Cl2N3O3. The molecule has 1 fully saturated rings. The maximum Gasteiger partial charge on any atom is 0.420 e. The topological polar surface area (TPSA) is 58.7 Å². The van der Waals surface area contributed by atoms with Crippen molar-refractivity contribution in [2.24, 2.45) is 0 Å². The van der Waals surface area contributed by atoms with E-state index in [1.165, 1.54) is 4.57 Å². The number of rotatable bonds is 3. The molecule has 2 heterocycles. The molecule has 1 aliphatic rings. The number of benzene rings is 2. The van der Waals surface area contributed by atoms with Gasteiger partial charge in [-0.2, -0.15) is 0 Å². The third kappa shape index (κ3) is 3.62. The predicted molar refractivity (Wildman–Crippen MR) is 110 cm³/mol. The number of piperazine rings is 1. The Morgan fingerprint density at radius 1 is 1.04 bits per heavy atom. The van der Waals surface area contributed by atoms with Gasteiger partial charge >= 0.3 is 5.76 Å². The molecule has 0 bridgehead atoms. The summed E-state index contributed by atoms with van der Waals surface area (Å²) < 4.78 is 6.55. The zero-order valence-corrected chi connectivity index (χ0v) is 16.8. The molecule has 0 aliphatic carbocycles. The lowest BCUT2D eigenvalue weighted by Crippen LogP contribution is -2.50. The van der Waals surface area contributed by atoms with Crippen LogP contribution in [0, 0.1) is 6.92 Å². The highest BCUT2D eigenvalue weighted by atomic mass is 35.5. The fourth-order valence-electron chi connectivity index (χ4n) is 3.55. The highest BCUT2D eigenvalue weighted by molar-refractivity contribution is 6.31. The first-order valence-corrected chi connectivity index (χ1v) is 9.76. The second-order valence-electron chi connectivity index (χ2n) is 6.86. The van der Waals surface area contributed by atoms with Crippen molar-refractivity contribution in [1.82, 2.24) is 9.47 Å². The number of hydrogen-bond acceptors (Lipinski definition) is 4. The molecule has 1 aliphatic heterocycles. The average Bonchev–Trinajstić information content (AvgIpc) is 2.98. The van der Waals surface area contributed by atoms with Crippen LogP contribution in [0.25, 0.3) is 11.1 Å². The van der Waals surface area contributed by atoms with Crippen LogP contribution in [0.15, 0.2) is 45.6 Å². The Morgan fingerprint density at radius 3 is 2.46 bits per heavy atom. The van der Waals surface area contributed by atoms with Crippen molar-refractivity contribution in [3.63, 3.8) is 0 Å². The number of fused-ring (bicyclic) bond motifs is 1. The fourth-order valence-corrected chi connectivity index (χ4v) is 3.87. The van der Waals surface area contributed by atoms with E-state index in [-0.39, 0.29) is 12.5 Å². The van der Waals surface area contributed by atoms with Crippen molar-refractivity contribution in [2.75, 3.05) is 31.1 Å². The molecular weight excluding hydrogens is 401 g/mol. The molecule has 2 aromatic carbocycles. The third-order valence-corrected chi connectivity index (χ3v) is 5.54. The molecule has 0 saturated carbocycles. The maximum absolute atomic E-state index is 12.8. The minimum absolute atomic E-state index is 0.0519. The molecule has 146 valence electrons. The molecule has 0 N–H and O–H groups in total. The van der Waals surface area contributed by atoms with Gasteiger partial charge in [-0.3, -0.25) is 9.36 Å². The highest BCUT2D eigenvalue weighted by Gasteiger charge is 2.24. The Bertz CT molecular complexity index is 1100. The zero-order valence-electron chi connectivity index (χ0n) is 15.3. The van der Waals surface area contributed by atoms with Crippen LogP contribution in [0.4, 0.5) is 5.69 Å². The van der Waals surface area contributed by atoms with E-state index in [1.807, 2.05) is 25.1 Å². The molecule has 6 nitrogen and oxygen atoms in total. The van der Waals surface area contributed by atoms with Crippen LogP contribution < -0.4 is 10.7 Å². The number of halogens is 2. The lowest BCUT2D eigenvalue weighted by atomic mass is 10.1. The molecule has 0 unspecified atom stereocenters. The maximum atomic E-state index is 12.8. The summed E-state index contributed by atoms with van der Waals surface area (Å²) in [7, 11) is 0. The second-order valence-corrected chi connectivity index (χ2v) is 7.74. The molecule has 3 aromatic rings. The monoisotopic (exact) mass is 419 g/mol. The van der Waals surface area contributed by atoms with E-state index in [1.54, 1.807) is 23.1 Å². The molecule has 0 radical (unpaired) electrons. The molecule has 4 rings (SSSR count). The Morgan fingerprint density at radius 2 is 1.71 bits per heavy atom. The summed E-state index contributed by atoms with van der Waals surface area (Å²) in [5, 5.41) is 1.18. The largest absolute Gasteiger partial charge is 0.420 e. The van der Waals surface area contributed by atoms with Gasteiger partial charge in [0, 0.05) is 48.0 Å². The normalized spacial score (nSPS) is 14.7. The first-order chi connectivity index (χ1) is 13.4. The van der Waals surface area contributed by atoms with E-state index < -0.39 is 5.76 Å². The van der Waals surface area contributed by atoms with Gasteiger partial charge in [-0.25, -0.2) is 4.79 Å². The Balaban J connectivity index is 1.46. The highest BCUT2D eigenvalue weighted by Crippen LogP contribution is 2.25. The zero-order chi connectivity index (χ0) is 19.8. The van der Waals surface area contributed by atoms with Crippen LogP contribution in [-0.4, -0.2) is 41.6 Å². The quantitative estimate of drug-likeness (QED) is 0.650. The Kier molecular flexibility index (Phi) is 5.08. The minimum Gasteiger partial charge on any atom is -0.408 e. The number of nitrogens with zero attached hydrogens (tertiary/aromatic N) is 3. The molecule has 0 spiro atoms. The van der Waals surface area contributed by atoms with E-state index in [0.29, 0.717) is 47.3 Å². The number of carbonyl (C=O) groups is 1. The summed E-state index contributed by atoms with van der Waals surface area (Å²) in [6, 6.07) is 10.8. The summed E-state index contributed by atoms with van der Waals surface area (Å²) in [4.78, 5) is 28.9. The van der Waals surface area contributed by atoms with E-state index in [9.17, 15) is 9.59 Å². The number of anilines is 1. The lowest BCUT2D eigenvalue weighted by Gasteiger charge is -2.37. The van der Waals surface area contributed by atoms with Crippen molar-refractivity contribution in [1.29, 1.82) is 0 Å². The molecule has 1 saturated heterocycles. The first-order valence-electron chi connectivity index (χ1n) is 9.00. The van der Waals surface area contributed by atoms with Gasteiger partial charge in [0.25, 0.3) is 0 Å². The van der Waals surface area contributed by atoms with E-state index in [2.05, 4.69) is 4.90 Å². The van der Waals surface area contributed by atoms with Gasteiger partial charge in [0.15, 0.2) is 5.58 Å².